The van der Waals surface area contributed by atoms with Crippen LogP contribution in [0.5, 0.6) is 0 Å². The summed E-state index contributed by atoms with van der Waals surface area (Å²) in [6.07, 6.45) is -3.92. The van der Waals surface area contributed by atoms with Crippen LogP contribution in [0.15, 0.2) is 78.9 Å². The lowest BCUT2D eigenvalue weighted by molar-refractivity contribution is -0.140. The highest BCUT2D eigenvalue weighted by atomic mass is 32.2. The molecule has 1 atom stereocenters. The Kier molecular flexibility index (Phi) is 10.0. The van der Waals surface area contributed by atoms with Crippen LogP contribution < -0.4 is 9.62 Å². The van der Waals surface area contributed by atoms with Crippen molar-refractivity contribution in [1.29, 1.82) is 0 Å². The van der Waals surface area contributed by atoms with E-state index >= 15 is 0 Å². The summed E-state index contributed by atoms with van der Waals surface area (Å²) >= 11 is 0. The monoisotopic (exact) mass is 607 g/mol. The first kappa shape index (κ1) is 32.6. The molecule has 0 unspecified atom stereocenters. The van der Waals surface area contributed by atoms with E-state index in [2.05, 4.69) is 5.32 Å². The molecule has 12 heteroatoms. The zero-order chi connectivity index (χ0) is 31.3. The first-order valence-corrected chi connectivity index (χ1v) is 14.8. The Morgan fingerprint density at radius 3 is 2.05 bits per heavy atom. The molecule has 0 saturated carbocycles. The van der Waals surface area contributed by atoms with Crippen molar-refractivity contribution in [1.82, 2.24) is 10.2 Å². The van der Waals surface area contributed by atoms with Crippen LogP contribution in [-0.2, 0) is 38.8 Å². The number of nitrogens with one attached hydrogen (secondary N) is 1. The van der Waals surface area contributed by atoms with Gasteiger partial charge in [-0.1, -0.05) is 48.5 Å². The van der Waals surface area contributed by atoms with Crippen LogP contribution in [0.25, 0.3) is 0 Å². The van der Waals surface area contributed by atoms with Crippen LogP contribution in [0.1, 0.15) is 37.5 Å². The quantitative estimate of drug-likeness (QED) is 0.323. The van der Waals surface area contributed by atoms with Crippen LogP contribution in [0, 0.1) is 5.82 Å². The maximum absolute atomic E-state index is 14.0. The Morgan fingerprint density at radius 2 is 1.50 bits per heavy atom. The molecule has 0 bridgehead atoms. The summed E-state index contributed by atoms with van der Waals surface area (Å²) in [6, 6.07) is 16.6. The highest BCUT2D eigenvalue weighted by Crippen LogP contribution is 2.32. The topological polar surface area (TPSA) is 86.8 Å². The lowest BCUT2D eigenvalue weighted by atomic mass is 10.0. The first-order chi connectivity index (χ1) is 19.4. The molecule has 42 heavy (non-hydrogen) atoms. The fourth-order valence-electron chi connectivity index (χ4n) is 4.24. The van der Waals surface area contributed by atoms with E-state index in [9.17, 15) is 35.6 Å². The standard InChI is InChI=1S/C30H33F4N3O4S/c1-29(2,3)35-28(39)26(17-21-9-6-5-7-10-21)36(19-22-13-15-24(31)16-14-22)27(38)20-37(42(4,40)41)25-12-8-11-23(18-25)30(32,33)34/h5-16,18,26H,17,19-20H2,1-4H3,(H,35,39)/t26-/m1/s1. The maximum Gasteiger partial charge on any atom is 0.416 e. The number of rotatable bonds is 10. The van der Waals surface area contributed by atoms with Gasteiger partial charge in [-0.15, -0.1) is 0 Å². The van der Waals surface area contributed by atoms with Gasteiger partial charge in [-0.3, -0.25) is 13.9 Å². The summed E-state index contributed by atoms with van der Waals surface area (Å²) in [5, 5.41) is 2.86. The van der Waals surface area contributed by atoms with Gasteiger partial charge in [0.2, 0.25) is 21.8 Å². The van der Waals surface area contributed by atoms with Crippen LogP contribution in [0.4, 0.5) is 23.2 Å². The number of carbonyl (C=O) groups is 2. The van der Waals surface area contributed by atoms with Gasteiger partial charge < -0.3 is 10.2 Å². The average Bonchev–Trinajstić information content (AvgIpc) is 2.88. The summed E-state index contributed by atoms with van der Waals surface area (Å²) in [6.45, 7) is 4.20. The van der Waals surface area contributed by atoms with Crippen LogP contribution in [0.3, 0.4) is 0 Å². The average molecular weight is 608 g/mol. The zero-order valence-corrected chi connectivity index (χ0v) is 24.5. The van der Waals surface area contributed by atoms with E-state index in [1.165, 1.54) is 29.2 Å². The Balaban J connectivity index is 2.09. The van der Waals surface area contributed by atoms with Crippen molar-refractivity contribution in [3.05, 3.63) is 101 Å². The van der Waals surface area contributed by atoms with E-state index < -0.39 is 57.5 Å². The molecule has 7 nitrogen and oxygen atoms in total. The van der Waals surface area contributed by atoms with Gasteiger partial charge in [0.25, 0.3) is 0 Å². The highest BCUT2D eigenvalue weighted by molar-refractivity contribution is 7.92. The third kappa shape index (κ3) is 9.30. The minimum absolute atomic E-state index is 0.0537. The lowest BCUT2D eigenvalue weighted by Crippen LogP contribution is -2.56. The predicted octanol–water partition coefficient (Wildman–Crippen LogP) is 5.17. The van der Waals surface area contributed by atoms with E-state index in [4.69, 9.17) is 0 Å². The van der Waals surface area contributed by atoms with Crippen LogP contribution >= 0.6 is 0 Å². The largest absolute Gasteiger partial charge is 0.416 e. The van der Waals surface area contributed by atoms with Gasteiger partial charge in [-0.25, -0.2) is 12.8 Å². The number of carbonyl (C=O) groups excluding carboxylic acids is 2. The zero-order valence-electron chi connectivity index (χ0n) is 23.7. The summed E-state index contributed by atoms with van der Waals surface area (Å²) in [5.74, 6) is -1.88. The summed E-state index contributed by atoms with van der Waals surface area (Å²) in [7, 11) is -4.25. The van der Waals surface area contributed by atoms with Crippen molar-refractivity contribution in [3.8, 4) is 0 Å². The molecule has 2 amide bonds. The number of nitrogens with zero attached hydrogens (tertiary/aromatic N) is 2. The van der Waals surface area contributed by atoms with E-state index in [0.717, 1.165) is 24.5 Å². The molecule has 0 fully saturated rings. The molecule has 0 aliphatic rings. The number of hydrogen-bond acceptors (Lipinski definition) is 4. The van der Waals surface area contributed by atoms with E-state index in [0.29, 0.717) is 21.5 Å². The van der Waals surface area contributed by atoms with E-state index in [1.54, 1.807) is 51.1 Å². The molecular weight excluding hydrogens is 574 g/mol. The number of sulfonamides is 1. The number of anilines is 1. The number of halogens is 4. The minimum Gasteiger partial charge on any atom is -0.350 e. The molecule has 3 aromatic rings. The molecule has 226 valence electrons. The van der Waals surface area contributed by atoms with Crippen molar-refractivity contribution in [2.24, 2.45) is 0 Å². The molecule has 3 aromatic carbocycles. The SMILES string of the molecule is CC(C)(C)NC(=O)[C@@H](Cc1ccccc1)N(Cc1ccc(F)cc1)C(=O)CN(c1cccc(C(F)(F)F)c1)S(C)(=O)=O. The second-order valence-electron chi connectivity index (χ2n) is 10.9. The molecule has 3 rings (SSSR count). The normalized spacial score (nSPS) is 12.9. The van der Waals surface area contributed by atoms with Crippen molar-refractivity contribution >= 4 is 27.5 Å². The van der Waals surface area contributed by atoms with E-state index in [1.807, 2.05) is 0 Å². The van der Waals surface area contributed by atoms with Crippen molar-refractivity contribution in [3.63, 3.8) is 0 Å². The third-order valence-electron chi connectivity index (χ3n) is 6.18. The van der Waals surface area contributed by atoms with Crippen molar-refractivity contribution in [2.75, 3.05) is 17.1 Å². The van der Waals surface area contributed by atoms with Crippen LogP contribution in [0.2, 0.25) is 0 Å². The predicted molar refractivity (Wildman–Crippen MR) is 152 cm³/mol. The van der Waals surface area contributed by atoms with Crippen molar-refractivity contribution < 1.29 is 35.6 Å². The number of amides is 2. The second kappa shape index (κ2) is 12.9. The van der Waals surface area contributed by atoms with Gasteiger partial charge in [0, 0.05) is 18.5 Å². The van der Waals surface area contributed by atoms with E-state index in [-0.39, 0.29) is 18.7 Å². The highest BCUT2D eigenvalue weighted by Gasteiger charge is 2.35. The van der Waals surface area contributed by atoms with Gasteiger partial charge in [0.05, 0.1) is 17.5 Å². The van der Waals surface area contributed by atoms with Crippen molar-refractivity contribution in [2.45, 2.75) is 51.5 Å². The number of hydrogen-bond donors (Lipinski definition) is 1. The van der Waals surface area contributed by atoms with Gasteiger partial charge in [0.1, 0.15) is 18.4 Å². The molecule has 0 saturated heterocycles. The third-order valence-corrected chi connectivity index (χ3v) is 7.32. The Labute approximate surface area is 243 Å². The second-order valence-corrected chi connectivity index (χ2v) is 12.8. The number of benzene rings is 3. The van der Waals surface area contributed by atoms with Crippen LogP contribution in [-0.4, -0.2) is 49.5 Å². The molecule has 0 radical (unpaired) electrons. The van der Waals surface area contributed by atoms with Gasteiger partial charge >= 0.3 is 6.18 Å². The Morgan fingerprint density at radius 1 is 0.881 bits per heavy atom. The molecule has 0 heterocycles. The summed E-state index contributed by atoms with van der Waals surface area (Å²) < 4.78 is 80.0. The first-order valence-electron chi connectivity index (χ1n) is 13.0. The van der Waals surface area contributed by atoms with Gasteiger partial charge in [-0.05, 0) is 62.2 Å². The Bertz CT molecular complexity index is 1490. The smallest absolute Gasteiger partial charge is 0.350 e. The molecule has 0 aliphatic carbocycles. The maximum atomic E-state index is 14.0. The van der Waals surface area contributed by atoms with Gasteiger partial charge in [-0.2, -0.15) is 13.2 Å². The lowest BCUT2D eigenvalue weighted by Gasteiger charge is -2.35. The fraction of sp³-hybridized carbons (Fsp3) is 0.333. The molecule has 0 aromatic heterocycles. The fourth-order valence-corrected chi connectivity index (χ4v) is 5.09. The molecule has 1 N–H and O–H groups in total. The molecular formula is C30H33F4N3O4S. The number of alkyl halides is 3. The molecule has 0 aliphatic heterocycles. The van der Waals surface area contributed by atoms with Gasteiger partial charge in [0.15, 0.2) is 0 Å². The summed E-state index contributed by atoms with van der Waals surface area (Å²) in [4.78, 5) is 28.8. The molecule has 0 spiro atoms. The Hall–Kier alpha value is -3.93. The minimum atomic E-state index is -4.75. The summed E-state index contributed by atoms with van der Waals surface area (Å²) in [5.41, 5.74) is -0.970.